The molecule has 0 aliphatic heterocycles. The zero-order chi connectivity index (χ0) is 26.5. The van der Waals surface area contributed by atoms with Crippen LogP contribution in [0.1, 0.15) is 25.5 Å². The van der Waals surface area contributed by atoms with Crippen LogP contribution >= 0.6 is 11.6 Å². The number of halogens is 1. The Bertz CT molecular complexity index is 1420. The summed E-state index contributed by atoms with van der Waals surface area (Å²) in [5.41, 5.74) is 0.882. The molecule has 11 heteroatoms. The number of hydrogen-bond acceptors (Lipinski definition) is 6. The summed E-state index contributed by atoms with van der Waals surface area (Å²) in [6.07, 6.45) is 1.11. The smallest absolute Gasteiger partial charge is 0.264 e. The number of carbonyl (C=O) groups excluding carboxylic acids is 1. The largest absolute Gasteiger partial charge is 0.492 e. The van der Waals surface area contributed by atoms with E-state index < -0.39 is 38.4 Å². The number of rotatable bonds is 10. The predicted octanol–water partition coefficient (Wildman–Crippen LogP) is 4.21. The van der Waals surface area contributed by atoms with E-state index in [9.17, 15) is 21.6 Å². The van der Waals surface area contributed by atoms with E-state index in [0.717, 1.165) is 10.6 Å². The molecule has 192 valence electrons. The van der Waals surface area contributed by atoms with Gasteiger partial charge in [0.25, 0.3) is 10.0 Å². The summed E-state index contributed by atoms with van der Waals surface area (Å²) in [5, 5.41) is 3.16. The Kier molecular flexibility index (Phi) is 8.65. The standard InChI is InChI=1S/C25H27ClN2O6S2/c1-4-34-24-8-6-5-7-23(24)28(36(32,33)22-15-11-20(26)12-16-22)17-25(29)27-18(2)19-9-13-21(14-10-19)35(3,30)31/h5-16,18H,4,17H2,1-3H3,(H,27,29)/t18-/m1/s1. The maximum atomic E-state index is 13.6. The van der Waals surface area contributed by atoms with Gasteiger partial charge in [-0.2, -0.15) is 0 Å². The normalized spacial score (nSPS) is 12.6. The van der Waals surface area contributed by atoms with Gasteiger partial charge in [-0.3, -0.25) is 9.10 Å². The molecule has 36 heavy (non-hydrogen) atoms. The monoisotopic (exact) mass is 550 g/mol. The van der Waals surface area contributed by atoms with Gasteiger partial charge in [0, 0.05) is 11.3 Å². The summed E-state index contributed by atoms with van der Waals surface area (Å²) in [4.78, 5) is 13.2. The third-order valence-corrected chi connectivity index (χ3v) is 8.46. The fourth-order valence-corrected chi connectivity index (χ4v) is 5.67. The Morgan fingerprint density at radius 1 is 0.944 bits per heavy atom. The van der Waals surface area contributed by atoms with Crippen LogP contribution < -0.4 is 14.4 Å². The second kappa shape index (κ2) is 11.3. The summed E-state index contributed by atoms with van der Waals surface area (Å²) in [6, 6.07) is 17.9. The van der Waals surface area contributed by atoms with Gasteiger partial charge in [-0.25, -0.2) is 16.8 Å². The van der Waals surface area contributed by atoms with E-state index in [1.54, 1.807) is 50.2 Å². The first-order valence-electron chi connectivity index (χ1n) is 11.0. The number of amides is 1. The molecule has 0 unspecified atom stereocenters. The van der Waals surface area contributed by atoms with Gasteiger partial charge in [0.05, 0.1) is 28.1 Å². The average molecular weight is 551 g/mol. The first kappa shape index (κ1) is 27.5. The van der Waals surface area contributed by atoms with E-state index in [1.165, 1.54) is 36.4 Å². The summed E-state index contributed by atoms with van der Waals surface area (Å²) >= 11 is 5.93. The molecule has 3 aromatic carbocycles. The quantitative estimate of drug-likeness (QED) is 0.405. The van der Waals surface area contributed by atoms with E-state index in [2.05, 4.69) is 5.32 Å². The molecule has 1 N–H and O–H groups in total. The Balaban J connectivity index is 1.91. The maximum Gasteiger partial charge on any atom is 0.264 e. The molecular weight excluding hydrogens is 524 g/mol. The third kappa shape index (κ3) is 6.57. The van der Waals surface area contributed by atoms with E-state index in [1.807, 2.05) is 0 Å². The van der Waals surface area contributed by atoms with E-state index >= 15 is 0 Å². The number of ether oxygens (including phenoxy) is 1. The van der Waals surface area contributed by atoms with Crippen molar-refractivity contribution < 1.29 is 26.4 Å². The van der Waals surface area contributed by atoms with E-state index in [0.29, 0.717) is 22.9 Å². The highest BCUT2D eigenvalue weighted by atomic mass is 35.5. The van der Waals surface area contributed by atoms with Crippen LogP contribution in [-0.2, 0) is 24.7 Å². The lowest BCUT2D eigenvalue weighted by Crippen LogP contribution is -2.41. The van der Waals surface area contributed by atoms with Crippen molar-refractivity contribution in [1.82, 2.24) is 5.32 Å². The van der Waals surface area contributed by atoms with Gasteiger partial charge in [-0.05, 0) is 67.9 Å². The number of nitrogens with zero attached hydrogens (tertiary/aromatic N) is 1. The van der Waals surface area contributed by atoms with Crippen molar-refractivity contribution in [2.75, 3.05) is 23.7 Å². The topological polar surface area (TPSA) is 110 Å². The SMILES string of the molecule is CCOc1ccccc1N(CC(=O)N[C@H](C)c1ccc(S(C)(=O)=O)cc1)S(=O)(=O)c1ccc(Cl)cc1. The molecule has 0 saturated carbocycles. The summed E-state index contributed by atoms with van der Waals surface area (Å²) in [5.74, 6) is -0.242. The van der Waals surface area contributed by atoms with Crippen LogP contribution in [0.5, 0.6) is 5.75 Å². The zero-order valence-electron chi connectivity index (χ0n) is 20.0. The van der Waals surface area contributed by atoms with Crippen molar-refractivity contribution in [3.05, 3.63) is 83.4 Å². The van der Waals surface area contributed by atoms with Gasteiger partial charge in [0.1, 0.15) is 12.3 Å². The van der Waals surface area contributed by atoms with Crippen molar-refractivity contribution in [2.24, 2.45) is 0 Å². The van der Waals surface area contributed by atoms with Gasteiger partial charge in [-0.1, -0.05) is 35.9 Å². The summed E-state index contributed by atoms with van der Waals surface area (Å²) in [6.45, 7) is 3.29. The average Bonchev–Trinajstić information content (AvgIpc) is 2.83. The molecule has 0 aromatic heterocycles. The lowest BCUT2D eigenvalue weighted by atomic mass is 10.1. The molecule has 3 aromatic rings. The minimum absolute atomic E-state index is 0.0320. The van der Waals surface area contributed by atoms with Crippen LogP contribution in [0.2, 0.25) is 5.02 Å². The van der Waals surface area contributed by atoms with Crippen LogP contribution in [0, 0.1) is 0 Å². The van der Waals surface area contributed by atoms with Gasteiger partial charge in [0.2, 0.25) is 5.91 Å². The van der Waals surface area contributed by atoms with Crippen molar-refractivity contribution in [2.45, 2.75) is 29.7 Å². The van der Waals surface area contributed by atoms with Gasteiger partial charge < -0.3 is 10.1 Å². The van der Waals surface area contributed by atoms with E-state index in [-0.39, 0.29) is 15.5 Å². The summed E-state index contributed by atoms with van der Waals surface area (Å²) < 4.78 is 57.3. The molecule has 0 aliphatic rings. The maximum absolute atomic E-state index is 13.6. The number of sulfone groups is 1. The molecule has 8 nitrogen and oxygen atoms in total. The second-order valence-corrected chi connectivity index (χ2v) is 12.3. The first-order valence-corrected chi connectivity index (χ1v) is 14.7. The highest BCUT2D eigenvalue weighted by Crippen LogP contribution is 2.33. The molecule has 0 fully saturated rings. The molecule has 1 atom stereocenters. The van der Waals surface area contributed by atoms with Crippen molar-refractivity contribution in [3.8, 4) is 5.75 Å². The molecule has 1 amide bonds. The predicted molar refractivity (Wildman–Crippen MR) is 140 cm³/mol. The number of nitrogens with one attached hydrogen (secondary N) is 1. The minimum Gasteiger partial charge on any atom is -0.492 e. The zero-order valence-corrected chi connectivity index (χ0v) is 22.4. The lowest BCUT2D eigenvalue weighted by Gasteiger charge is -2.26. The number of carbonyl (C=O) groups is 1. The van der Waals surface area contributed by atoms with Gasteiger partial charge in [0.15, 0.2) is 9.84 Å². The molecule has 0 saturated heterocycles. The van der Waals surface area contributed by atoms with Crippen LogP contribution in [0.25, 0.3) is 0 Å². The Morgan fingerprint density at radius 3 is 2.11 bits per heavy atom. The van der Waals surface area contributed by atoms with Crippen LogP contribution in [0.3, 0.4) is 0 Å². The molecule has 3 rings (SSSR count). The molecular formula is C25H27ClN2O6S2. The van der Waals surface area contributed by atoms with Crippen LogP contribution in [0.15, 0.2) is 82.6 Å². The molecule has 0 aliphatic carbocycles. The Morgan fingerprint density at radius 2 is 1.53 bits per heavy atom. The second-order valence-electron chi connectivity index (χ2n) is 8.00. The summed E-state index contributed by atoms with van der Waals surface area (Å²) in [7, 11) is -7.51. The highest BCUT2D eigenvalue weighted by molar-refractivity contribution is 7.93. The molecule has 0 bridgehead atoms. The van der Waals surface area contributed by atoms with Crippen LogP contribution in [-0.4, -0.2) is 42.2 Å². The number of anilines is 1. The van der Waals surface area contributed by atoms with E-state index in [4.69, 9.17) is 16.3 Å². The molecule has 0 heterocycles. The third-order valence-electron chi connectivity index (χ3n) is 5.31. The lowest BCUT2D eigenvalue weighted by molar-refractivity contribution is -0.120. The highest BCUT2D eigenvalue weighted by Gasteiger charge is 2.30. The van der Waals surface area contributed by atoms with Crippen molar-refractivity contribution >= 4 is 43.1 Å². The van der Waals surface area contributed by atoms with Gasteiger partial charge in [-0.15, -0.1) is 0 Å². The number of para-hydroxylation sites is 2. The first-order chi connectivity index (χ1) is 16.9. The fourth-order valence-electron chi connectivity index (χ4n) is 3.48. The van der Waals surface area contributed by atoms with Crippen molar-refractivity contribution in [1.29, 1.82) is 0 Å². The number of sulfonamides is 1. The van der Waals surface area contributed by atoms with Crippen LogP contribution in [0.4, 0.5) is 5.69 Å². The Hall–Kier alpha value is -3.08. The Labute approximate surface area is 216 Å². The molecule has 0 radical (unpaired) electrons. The van der Waals surface area contributed by atoms with Gasteiger partial charge >= 0.3 is 0 Å². The minimum atomic E-state index is -4.16. The van der Waals surface area contributed by atoms with Crippen molar-refractivity contribution in [3.63, 3.8) is 0 Å². The molecule has 0 spiro atoms. The number of hydrogen-bond donors (Lipinski definition) is 1. The number of benzene rings is 3. The fraction of sp³-hybridized carbons (Fsp3) is 0.240.